The molecule has 2 aromatic rings. The Morgan fingerprint density at radius 3 is 1.60 bits per heavy atom. The van der Waals surface area contributed by atoms with Crippen LogP contribution in [0.15, 0.2) is 49.1 Å². The Kier molecular flexibility index (Phi) is 13.5. The highest BCUT2D eigenvalue weighted by atomic mass is 35.5. The van der Waals surface area contributed by atoms with E-state index in [1.54, 1.807) is 0 Å². The Hall–Kier alpha value is -1.12. The highest BCUT2D eigenvalue weighted by Gasteiger charge is 2.04. The predicted molar refractivity (Wildman–Crippen MR) is 95.9 cm³/mol. The summed E-state index contributed by atoms with van der Waals surface area (Å²) >= 11 is 0. The van der Waals surface area contributed by atoms with Gasteiger partial charge < -0.3 is 24.8 Å². The van der Waals surface area contributed by atoms with Crippen LogP contribution < -0.4 is 33.9 Å². The van der Waals surface area contributed by atoms with E-state index in [-0.39, 0.29) is 24.8 Å². The molecule has 0 saturated heterocycles. The summed E-state index contributed by atoms with van der Waals surface area (Å²) in [7, 11) is 2.05. The van der Waals surface area contributed by atoms with Crippen LogP contribution in [0.5, 0.6) is 0 Å². The second-order valence-electron chi connectivity index (χ2n) is 6.55. The molecule has 140 valence electrons. The smallest absolute Gasteiger partial charge is 0.169 e. The lowest BCUT2D eigenvalue weighted by Gasteiger charge is -2.02. The molecule has 0 spiro atoms. The average Bonchev–Trinajstić information content (AvgIpc) is 2.59. The second-order valence-corrected chi connectivity index (χ2v) is 6.55. The number of nitrogens with zero attached hydrogens (tertiary/aromatic N) is 2. The van der Waals surface area contributed by atoms with Gasteiger partial charge in [0.05, 0.1) is 0 Å². The molecule has 2 nitrogen and oxygen atoms in total. The normalized spacial score (nSPS) is 10.0. The third kappa shape index (κ3) is 9.23. The van der Waals surface area contributed by atoms with E-state index in [4.69, 9.17) is 0 Å². The molecular formula is C21H32Cl2N2. The third-order valence-corrected chi connectivity index (χ3v) is 4.47. The van der Waals surface area contributed by atoms with E-state index in [2.05, 4.69) is 65.1 Å². The molecule has 0 aliphatic heterocycles. The van der Waals surface area contributed by atoms with E-state index in [0.717, 1.165) is 6.54 Å². The first kappa shape index (κ1) is 23.9. The molecule has 0 aromatic carbocycles. The molecule has 0 aliphatic rings. The van der Waals surface area contributed by atoms with Gasteiger partial charge in [-0.2, -0.15) is 0 Å². The Balaban J connectivity index is 0.00000288. The van der Waals surface area contributed by atoms with E-state index in [0.29, 0.717) is 0 Å². The van der Waals surface area contributed by atoms with Crippen LogP contribution in [-0.2, 0) is 13.6 Å². The van der Waals surface area contributed by atoms with Gasteiger partial charge in [0.1, 0.15) is 13.6 Å². The van der Waals surface area contributed by atoms with Crippen LogP contribution in [0, 0.1) is 0 Å². The standard InChI is InChI=1S/C21H32N2.2ClH/c1-3-4-5-6-7-8-9-10-15-23-18-13-21(14-19-23)20-11-16-22(2)17-12-20;;/h11-14,16-19H,3-10,15H2,1-2H3;2*1H/q+2;;/p-2. The van der Waals surface area contributed by atoms with Gasteiger partial charge in [-0.1, -0.05) is 45.4 Å². The Labute approximate surface area is 166 Å². The lowest BCUT2D eigenvalue weighted by molar-refractivity contribution is -0.697. The molecule has 0 aliphatic carbocycles. The summed E-state index contributed by atoms with van der Waals surface area (Å²) in [5.41, 5.74) is 2.57. The van der Waals surface area contributed by atoms with Crippen LogP contribution >= 0.6 is 0 Å². The lowest BCUT2D eigenvalue weighted by Crippen LogP contribution is -3.00. The van der Waals surface area contributed by atoms with Gasteiger partial charge in [0.15, 0.2) is 24.8 Å². The van der Waals surface area contributed by atoms with Gasteiger partial charge in [-0.15, -0.1) is 0 Å². The van der Waals surface area contributed by atoms with Gasteiger partial charge in [0, 0.05) is 30.7 Å². The zero-order valence-electron chi connectivity index (χ0n) is 15.6. The summed E-state index contributed by atoms with van der Waals surface area (Å²) in [4.78, 5) is 0. The molecule has 2 aromatic heterocycles. The molecule has 0 amide bonds. The highest BCUT2D eigenvalue weighted by molar-refractivity contribution is 5.60. The number of hydrogen-bond acceptors (Lipinski definition) is 0. The van der Waals surface area contributed by atoms with Crippen molar-refractivity contribution in [2.45, 2.75) is 64.8 Å². The molecular weight excluding hydrogens is 351 g/mol. The monoisotopic (exact) mass is 382 g/mol. The fourth-order valence-electron chi connectivity index (χ4n) is 2.92. The van der Waals surface area contributed by atoms with Crippen molar-refractivity contribution in [1.29, 1.82) is 0 Å². The average molecular weight is 383 g/mol. The van der Waals surface area contributed by atoms with Crippen molar-refractivity contribution in [3.05, 3.63) is 49.1 Å². The largest absolute Gasteiger partial charge is 1.00 e. The first-order chi connectivity index (χ1) is 11.3. The summed E-state index contributed by atoms with van der Waals surface area (Å²) in [6, 6.07) is 8.77. The molecule has 2 heterocycles. The number of pyridine rings is 2. The molecule has 2 rings (SSSR count). The lowest BCUT2D eigenvalue weighted by atomic mass is 10.1. The van der Waals surface area contributed by atoms with Gasteiger partial charge in [0.2, 0.25) is 0 Å². The van der Waals surface area contributed by atoms with E-state index in [1.165, 1.54) is 62.5 Å². The van der Waals surface area contributed by atoms with Gasteiger partial charge in [-0.3, -0.25) is 0 Å². The number of halogens is 2. The van der Waals surface area contributed by atoms with Crippen LogP contribution in [0.25, 0.3) is 11.1 Å². The van der Waals surface area contributed by atoms with Gasteiger partial charge in [-0.25, -0.2) is 9.13 Å². The summed E-state index contributed by atoms with van der Waals surface area (Å²) in [5.74, 6) is 0. The maximum atomic E-state index is 2.31. The zero-order chi connectivity index (χ0) is 16.3. The van der Waals surface area contributed by atoms with E-state index < -0.39 is 0 Å². The number of aryl methyl sites for hydroxylation is 2. The van der Waals surface area contributed by atoms with Crippen molar-refractivity contribution >= 4 is 0 Å². The number of hydrogen-bond donors (Lipinski definition) is 0. The fraction of sp³-hybridized carbons (Fsp3) is 0.524. The van der Waals surface area contributed by atoms with Crippen molar-refractivity contribution in [2.24, 2.45) is 7.05 Å². The van der Waals surface area contributed by atoms with Crippen LogP contribution in [0.1, 0.15) is 58.3 Å². The minimum absolute atomic E-state index is 0. The molecule has 0 radical (unpaired) electrons. The summed E-state index contributed by atoms with van der Waals surface area (Å²) < 4.78 is 4.37. The molecule has 0 N–H and O–H groups in total. The predicted octanol–water partition coefficient (Wildman–Crippen LogP) is -1.39. The summed E-state index contributed by atoms with van der Waals surface area (Å²) in [6.07, 6.45) is 19.7. The Morgan fingerprint density at radius 1 is 0.640 bits per heavy atom. The van der Waals surface area contributed by atoms with Crippen molar-refractivity contribution in [2.75, 3.05) is 0 Å². The van der Waals surface area contributed by atoms with E-state index in [1.807, 2.05) is 7.05 Å². The van der Waals surface area contributed by atoms with Crippen LogP contribution in [0.3, 0.4) is 0 Å². The first-order valence-electron chi connectivity index (χ1n) is 9.24. The quantitative estimate of drug-likeness (QED) is 0.353. The number of rotatable bonds is 10. The number of aromatic nitrogens is 2. The Bertz CT molecular complexity index is 553. The molecule has 0 bridgehead atoms. The molecule has 25 heavy (non-hydrogen) atoms. The second kappa shape index (κ2) is 14.1. The maximum absolute atomic E-state index is 2.31. The van der Waals surface area contributed by atoms with E-state index in [9.17, 15) is 0 Å². The maximum Gasteiger partial charge on any atom is 0.169 e. The fourth-order valence-corrected chi connectivity index (χ4v) is 2.92. The Morgan fingerprint density at radius 2 is 1.08 bits per heavy atom. The van der Waals surface area contributed by atoms with Crippen molar-refractivity contribution < 1.29 is 33.9 Å². The van der Waals surface area contributed by atoms with Crippen molar-refractivity contribution in [3.8, 4) is 11.1 Å². The minimum atomic E-state index is 0. The first-order valence-corrected chi connectivity index (χ1v) is 9.24. The van der Waals surface area contributed by atoms with Crippen molar-refractivity contribution in [3.63, 3.8) is 0 Å². The van der Waals surface area contributed by atoms with Crippen LogP contribution in [-0.4, -0.2) is 0 Å². The van der Waals surface area contributed by atoms with Gasteiger partial charge in [-0.05, 0) is 17.5 Å². The minimum Gasteiger partial charge on any atom is -1.00 e. The van der Waals surface area contributed by atoms with E-state index >= 15 is 0 Å². The number of unbranched alkanes of at least 4 members (excludes halogenated alkanes) is 7. The molecule has 0 atom stereocenters. The zero-order valence-corrected chi connectivity index (χ0v) is 17.1. The topological polar surface area (TPSA) is 7.76 Å². The SMILES string of the molecule is CCCCCCCCCC[n+]1ccc(-c2cc[n+](C)cc2)cc1.[Cl-].[Cl-]. The third-order valence-electron chi connectivity index (χ3n) is 4.47. The van der Waals surface area contributed by atoms with Crippen LogP contribution in [0.4, 0.5) is 0 Å². The van der Waals surface area contributed by atoms with Gasteiger partial charge in [0.25, 0.3) is 0 Å². The molecule has 0 saturated carbocycles. The summed E-state index contributed by atoms with van der Waals surface area (Å²) in [6.45, 7) is 3.42. The molecule has 0 fully saturated rings. The highest BCUT2D eigenvalue weighted by Crippen LogP contribution is 2.15. The van der Waals surface area contributed by atoms with Crippen molar-refractivity contribution in [1.82, 2.24) is 0 Å². The summed E-state index contributed by atoms with van der Waals surface area (Å²) in [5, 5.41) is 0. The molecule has 4 heteroatoms. The van der Waals surface area contributed by atoms with Gasteiger partial charge >= 0.3 is 0 Å². The van der Waals surface area contributed by atoms with Crippen LogP contribution in [0.2, 0.25) is 0 Å². The molecule has 0 unspecified atom stereocenters.